The number of hydrogen-bond acceptors (Lipinski definition) is 4. The first kappa shape index (κ1) is 14.0. The minimum atomic E-state index is -0.161. The number of ether oxygens (including phenoxy) is 1. The number of anilines is 1. The number of hydrogen-bond donors (Lipinski definition) is 1. The minimum Gasteiger partial charge on any atom is -0.493 e. The third-order valence-electron chi connectivity index (χ3n) is 2.57. The zero-order valence-corrected chi connectivity index (χ0v) is 11.6. The van der Waals surface area contributed by atoms with E-state index >= 15 is 0 Å². The second-order valence-electron chi connectivity index (χ2n) is 4.43. The predicted octanol–water partition coefficient (Wildman–Crippen LogP) is 2.50. The van der Waals surface area contributed by atoms with E-state index in [2.05, 4.69) is 15.3 Å². The Bertz CT molecular complexity index is 565. The Labute approximate surface area is 118 Å². The highest BCUT2D eigenvalue weighted by atomic mass is 16.5. The molecule has 0 bridgehead atoms. The molecule has 1 aromatic carbocycles. The van der Waals surface area contributed by atoms with E-state index < -0.39 is 0 Å². The molecule has 1 amide bonds. The zero-order valence-electron chi connectivity index (χ0n) is 11.6. The van der Waals surface area contributed by atoms with Crippen LogP contribution in [-0.4, -0.2) is 22.5 Å². The number of rotatable bonds is 5. The summed E-state index contributed by atoms with van der Waals surface area (Å²) in [6.45, 7) is 4.05. The number of amides is 1. The molecule has 5 heteroatoms. The van der Waals surface area contributed by atoms with Crippen LogP contribution in [0.3, 0.4) is 0 Å². The highest BCUT2D eigenvalue weighted by molar-refractivity contribution is 5.88. The first-order chi connectivity index (χ1) is 9.63. The Morgan fingerprint density at radius 1 is 1.15 bits per heavy atom. The van der Waals surface area contributed by atoms with Crippen molar-refractivity contribution in [3.63, 3.8) is 0 Å². The lowest BCUT2D eigenvalue weighted by Crippen LogP contribution is -2.17. The lowest BCUT2D eigenvalue weighted by atomic mass is 10.3. The molecular weight excluding hydrogens is 254 g/mol. The van der Waals surface area contributed by atoms with Gasteiger partial charge in [0.15, 0.2) is 0 Å². The van der Waals surface area contributed by atoms with Gasteiger partial charge in [-0.25, -0.2) is 9.97 Å². The summed E-state index contributed by atoms with van der Waals surface area (Å²) < 4.78 is 5.46. The van der Waals surface area contributed by atoms with E-state index in [0.29, 0.717) is 12.6 Å². The van der Waals surface area contributed by atoms with Crippen molar-refractivity contribution in [1.82, 2.24) is 9.97 Å². The Morgan fingerprint density at radius 2 is 1.80 bits per heavy atom. The molecule has 5 nitrogen and oxygen atoms in total. The minimum absolute atomic E-state index is 0.161. The summed E-state index contributed by atoms with van der Waals surface area (Å²) in [4.78, 5) is 20.1. The fraction of sp³-hybridized carbons (Fsp3) is 0.267. The van der Waals surface area contributed by atoms with Crippen LogP contribution in [0.2, 0.25) is 0 Å². The maximum Gasteiger partial charge on any atom is 0.230 e. The van der Waals surface area contributed by atoms with Crippen LogP contribution in [0.4, 0.5) is 5.95 Å². The quantitative estimate of drug-likeness (QED) is 0.907. The summed E-state index contributed by atoms with van der Waals surface area (Å²) >= 11 is 0. The van der Waals surface area contributed by atoms with Crippen molar-refractivity contribution in [2.75, 3.05) is 11.9 Å². The summed E-state index contributed by atoms with van der Waals surface area (Å²) in [5, 5.41) is 2.67. The van der Waals surface area contributed by atoms with Crippen LogP contribution >= 0.6 is 0 Å². The Hall–Kier alpha value is -2.43. The number of carbonyl (C=O) groups excluding carboxylic acids is 1. The van der Waals surface area contributed by atoms with E-state index in [4.69, 9.17) is 4.74 Å². The van der Waals surface area contributed by atoms with Crippen LogP contribution in [0.5, 0.6) is 5.75 Å². The van der Waals surface area contributed by atoms with Gasteiger partial charge in [-0.1, -0.05) is 18.2 Å². The lowest BCUT2D eigenvalue weighted by Gasteiger charge is -2.07. The molecule has 0 aliphatic heterocycles. The smallest absolute Gasteiger partial charge is 0.230 e. The number of aromatic nitrogens is 2. The summed E-state index contributed by atoms with van der Waals surface area (Å²) in [5.41, 5.74) is 1.65. The highest BCUT2D eigenvalue weighted by Crippen LogP contribution is 2.09. The first-order valence-electron chi connectivity index (χ1n) is 6.43. The standard InChI is InChI=1S/C15H17N3O2/c1-11-10-12(2)17-15(16-11)18-14(19)8-9-20-13-6-4-3-5-7-13/h3-7,10H,8-9H2,1-2H3,(H,16,17,18,19). The van der Waals surface area contributed by atoms with Crippen LogP contribution in [0.1, 0.15) is 17.8 Å². The van der Waals surface area contributed by atoms with E-state index in [9.17, 15) is 4.79 Å². The van der Waals surface area contributed by atoms with Gasteiger partial charge < -0.3 is 4.74 Å². The normalized spacial score (nSPS) is 10.1. The maximum atomic E-state index is 11.8. The van der Waals surface area contributed by atoms with Gasteiger partial charge in [-0.2, -0.15) is 0 Å². The molecule has 1 N–H and O–H groups in total. The fourth-order valence-electron chi connectivity index (χ4n) is 1.75. The van der Waals surface area contributed by atoms with Crippen molar-refractivity contribution < 1.29 is 9.53 Å². The average molecular weight is 271 g/mol. The number of nitrogens with zero attached hydrogens (tertiary/aromatic N) is 2. The molecule has 0 fully saturated rings. The molecule has 0 radical (unpaired) electrons. The summed E-state index contributed by atoms with van der Waals surface area (Å²) in [6.07, 6.45) is 0.255. The number of para-hydroxylation sites is 1. The third kappa shape index (κ3) is 4.35. The van der Waals surface area contributed by atoms with E-state index in [-0.39, 0.29) is 12.3 Å². The van der Waals surface area contributed by atoms with Crippen LogP contribution in [-0.2, 0) is 4.79 Å². The largest absolute Gasteiger partial charge is 0.493 e. The van der Waals surface area contributed by atoms with Crippen molar-refractivity contribution in [3.8, 4) is 5.75 Å². The van der Waals surface area contributed by atoms with Crippen molar-refractivity contribution in [2.45, 2.75) is 20.3 Å². The molecule has 0 spiro atoms. The van der Waals surface area contributed by atoms with Crippen LogP contribution in [0.15, 0.2) is 36.4 Å². The number of aryl methyl sites for hydroxylation is 2. The fourth-order valence-corrected chi connectivity index (χ4v) is 1.75. The van der Waals surface area contributed by atoms with Crippen molar-refractivity contribution in [2.24, 2.45) is 0 Å². The Kier molecular flexibility index (Phi) is 4.65. The van der Waals surface area contributed by atoms with Gasteiger partial charge in [0.1, 0.15) is 5.75 Å². The number of carbonyl (C=O) groups is 1. The molecule has 20 heavy (non-hydrogen) atoms. The lowest BCUT2D eigenvalue weighted by molar-refractivity contribution is -0.116. The SMILES string of the molecule is Cc1cc(C)nc(NC(=O)CCOc2ccccc2)n1. The van der Waals surface area contributed by atoms with Gasteiger partial charge >= 0.3 is 0 Å². The predicted molar refractivity (Wildman–Crippen MR) is 76.7 cm³/mol. The first-order valence-corrected chi connectivity index (χ1v) is 6.43. The molecule has 0 saturated heterocycles. The summed E-state index contributed by atoms with van der Waals surface area (Å²) in [6, 6.07) is 11.2. The maximum absolute atomic E-state index is 11.8. The second-order valence-corrected chi connectivity index (χ2v) is 4.43. The van der Waals surface area contributed by atoms with E-state index in [1.54, 1.807) is 0 Å². The van der Waals surface area contributed by atoms with Crippen molar-refractivity contribution >= 4 is 11.9 Å². The third-order valence-corrected chi connectivity index (χ3v) is 2.57. The number of nitrogens with one attached hydrogen (secondary N) is 1. The van der Waals surface area contributed by atoms with Gasteiger partial charge in [-0.15, -0.1) is 0 Å². The van der Waals surface area contributed by atoms with E-state index in [1.165, 1.54) is 0 Å². The van der Waals surface area contributed by atoms with Crippen molar-refractivity contribution in [1.29, 1.82) is 0 Å². The summed E-state index contributed by atoms with van der Waals surface area (Å²) in [5.74, 6) is 0.932. The monoisotopic (exact) mass is 271 g/mol. The average Bonchev–Trinajstić information content (AvgIpc) is 2.38. The van der Waals surface area contributed by atoms with Gasteiger partial charge in [0.25, 0.3) is 0 Å². The Balaban J connectivity index is 1.81. The van der Waals surface area contributed by atoms with Crippen molar-refractivity contribution in [3.05, 3.63) is 47.8 Å². The second kappa shape index (κ2) is 6.65. The van der Waals surface area contributed by atoms with Crippen LogP contribution in [0.25, 0.3) is 0 Å². The van der Waals surface area contributed by atoms with E-state index in [1.807, 2.05) is 50.2 Å². The molecular formula is C15H17N3O2. The molecule has 1 aromatic heterocycles. The molecule has 1 heterocycles. The molecule has 0 aliphatic carbocycles. The van der Waals surface area contributed by atoms with Gasteiger partial charge in [0.05, 0.1) is 13.0 Å². The zero-order chi connectivity index (χ0) is 14.4. The molecule has 0 unspecified atom stereocenters. The van der Waals surface area contributed by atoms with Gasteiger partial charge in [0.2, 0.25) is 11.9 Å². The van der Waals surface area contributed by atoms with Gasteiger partial charge in [-0.05, 0) is 32.0 Å². The summed E-state index contributed by atoms with van der Waals surface area (Å²) in [7, 11) is 0. The van der Waals surface area contributed by atoms with Crippen LogP contribution < -0.4 is 10.1 Å². The molecule has 2 rings (SSSR count). The van der Waals surface area contributed by atoms with E-state index in [0.717, 1.165) is 17.1 Å². The molecule has 0 aliphatic rings. The van der Waals surface area contributed by atoms with Crippen LogP contribution in [0, 0.1) is 13.8 Å². The van der Waals surface area contributed by atoms with Gasteiger partial charge in [0, 0.05) is 11.4 Å². The Morgan fingerprint density at radius 3 is 2.45 bits per heavy atom. The highest BCUT2D eigenvalue weighted by Gasteiger charge is 2.06. The number of benzene rings is 1. The molecule has 0 saturated carbocycles. The molecule has 2 aromatic rings. The molecule has 104 valence electrons. The molecule has 0 atom stereocenters. The van der Waals surface area contributed by atoms with Gasteiger partial charge in [-0.3, -0.25) is 10.1 Å². The topological polar surface area (TPSA) is 64.1 Å².